The number of hydrogen-bond donors (Lipinski definition) is 7. The van der Waals surface area contributed by atoms with Gasteiger partial charge in [0.2, 0.25) is 0 Å². The molecule has 1 aromatic rings. The molecule has 17 nitrogen and oxygen atoms in total. The van der Waals surface area contributed by atoms with Gasteiger partial charge in [0.15, 0.2) is 16.2 Å². The Morgan fingerprint density at radius 1 is 0.969 bits per heavy atom. The Kier molecular flexibility index (Phi) is 20.7. The van der Waals surface area contributed by atoms with Crippen molar-refractivity contribution in [3.8, 4) is 0 Å². The zero-order valence-corrected chi connectivity index (χ0v) is 42.8. The molecule has 3 aliphatic rings. The molecule has 3 saturated heterocycles. The Morgan fingerprint density at radius 2 is 1.63 bits per heavy atom. The first-order chi connectivity index (χ1) is 30.4. The normalized spacial score (nSPS) is 41.8. The molecule has 374 valence electrons. The largest absolute Gasteiger partial charge is 0.458 e. The Labute approximate surface area is 400 Å². The highest BCUT2D eigenvalue weighted by Crippen LogP contribution is 2.41. The van der Waals surface area contributed by atoms with Gasteiger partial charge in [0.25, 0.3) is 0 Å². The van der Waals surface area contributed by atoms with Crippen molar-refractivity contribution in [3.63, 3.8) is 0 Å². The van der Waals surface area contributed by atoms with Crippen molar-refractivity contribution >= 4 is 34.6 Å². The van der Waals surface area contributed by atoms with E-state index in [9.17, 15) is 35.1 Å². The fraction of sp³-hybridized carbons (Fsp3) is 0.830. The number of hydrogen-bond acceptors (Lipinski definition) is 15. The second-order valence-corrected chi connectivity index (χ2v) is 21.4. The van der Waals surface area contributed by atoms with E-state index in [1.165, 1.54) is 7.11 Å². The van der Waals surface area contributed by atoms with Gasteiger partial charge >= 0.3 is 12.0 Å². The van der Waals surface area contributed by atoms with E-state index in [0.717, 1.165) is 5.56 Å². The number of carbonyl (C=O) groups is 2. The van der Waals surface area contributed by atoms with Gasteiger partial charge in [-0.3, -0.25) is 9.69 Å². The van der Waals surface area contributed by atoms with Gasteiger partial charge < -0.3 is 69.5 Å². The number of carbonyl (C=O) groups excluding carboxylic acids is 2. The molecule has 3 aliphatic heterocycles. The van der Waals surface area contributed by atoms with Crippen molar-refractivity contribution < 1.29 is 63.5 Å². The summed E-state index contributed by atoms with van der Waals surface area (Å²) in [4.78, 5) is 31.1. The number of likely N-dealkylation sites (N-methyl/N-ethyl adjacent to an activating group) is 1. The Morgan fingerprint density at radius 3 is 2.25 bits per heavy atom. The Bertz CT molecular complexity index is 1630. The quantitative estimate of drug-likeness (QED) is 0.0651. The maximum Gasteiger partial charge on any atom is 0.315 e. The lowest BCUT2D eigenvalue weighted by molar-refractivity contribution is -0.318. The number of methoxy groups -OCH3 is 1. The first-order valence-corrected chi connectivity index (χ1v) is 24.5. The van der Waals surface area contributed by atoms with Crippen molar-refractivity contribution in [1.29, 1.82) is 0 Å². The summed E-state index contributed by atoms with van der Waals surface area (Å²) in [5.41, 5.74) is -1.74. The van der Waals surface area contributed by atoms with Crippen LogP contribution in [0.4, 0.5) is 4.79 Å². The number of urea groups is 1. The number of esters is 1. The minimum absolute atomic E-state index is 0.101. The van der Waals surface area contributed by atoms with E-state index in [1.807, 2.05) is 75.0 Å². The number of nitrogens with one attached hydrogen (secondary N) is 2. The molecule has 0 saturated carbocycles. The lowest BCUT2D eigenvalue weighted by Gasteiger charge is -2.48. The van der Waals surface area contributed by atoms with Crippen molar-refractivity contribution in [2.45, 2.75) is 189 Å². The average Bonchev–Trinajstić information content (AvgIpc) is 3.25. The summed E-state index contributed by atoms with van der Waals surface area (Å²) >= 11 is 1.77. The van der Waals surface area contributed by atoms with E-state index in [2.05, 4.69) is 10.6 Å². The molecule has 0 aromatic heterocycles. The minimum atomic E-state index is -1.94. The van der Waals surface area contributed by atoms with Crippen molar-refractivity contribution in [2.75, 3.05) is 40.8 Å². The molecule has 18 atom stereocenters. The van der Waals surface area contributed by atoms with Gasteiger partial charge in [-0.25, -0.2) is 4.79 Å². The zero-order valence-electron chi connectivity index (χ0n) is 40.7. The van der Waals surface area contributed by atoms with E-state index in [4.69, 9.17) is 28.4 Å². The van der Waals surface area contributed by atoms with E-state index in [-0.39, 0.29) is 43.4 Å². The molecule has 4 rings (SSSR count). The van der Waals surface area contributed by atoms with E-state index < -0.39 is 94.0 Å². The fourth-order valence-electron chi connectivity index (χ4n) is 9.91. The predicted molar refractivity (Wildman–Crippen MR) is 253 cm³/mol. The third-order valence-corrected chi connectivity index (χ3v) is 15.2. The van der Waals surface area contributed by atoms with Gasteiger partial charge in [-0.1, -0.05) is 51.1 Å². The van der Waals surface area contributed by atoms with Crippen LogP contribution in [0, 0.1) is 17.8 Å². The number of ether oxygens (including phenoxy) is 6. The van der Waals surface area contributed by atoms with Crippen molar-refractivity contribution in [3.05, 3.63) is 35.9 Å². The highest BCUT2D eigenvalue weighted by atomic mass is 127. The summed E-state index contributed by atoms with van der Waals surface area (Å²) in [7, 11) is 5.25. The van der Waals surface area contributed by atoms with E-state index >= 15 is 0 Å². The molecule has 2 amide bonds. The SMILES string of the molecule is CC[C@H]1OC(=O)[C@H](C)[C@@H](O[C@H]2C[C@@](C)(OC)[C@@H](O)[C@H](C)O2)[C@H](C)[C@@H](O[C@@H]2O[C@H](C)C[C@H](N(C)C)[C@H]2O)[C@](C)(O)C[C@@H](C)CN(CCCNC(=O)NCc2ccccc2)[C@H](C)[C@@H](O)[C@@]1(O)I. The van der Waals surface area contributed by atoms with Gasteiger partial charge in [-0.05, 0) is 115 Å². The first-order valence-electron chi connectivity index (χ1n) is 23.4. The van der Waals surface area contributed by atoms with Crippen LogP contribution in [0.2, 0.25) is 0 Å². The smallest absolute Gasteiger partial charge is 0.315 e. The molecular formula is C47H81IN4O13. The van der Waals surface area contributed by atoms with Crippen LogP contribution >= 0.6 is 22.6 Å². The highest BCUT2D eigenvalue weighted by Gasteiger charge is 2.53. The molecule has 7 N–H and O–H groups in total. The first kappa shape index (κ1) is 55.8. The van der Waals surface area contributed by atoms with E-state index in [1.54, 1.807) is 64.1 Å². The maximum atomic E-state index is 14.5. The van der Waals surface area contributed by atoms with Gasteiger partial charge in [-0.2, -0.15) is 0 Å². The van der Waals surface area contributed by atoms with Gasteiger partial charge in [0.05, 0.1) is 41.5 Å². The number of benzene rings is 1. The van der Waals surface area contributed by atoms with Crippen LogP contribution in [0.3, 0.4) is 0 Å². The number of nitrogens with zero attached hydrogens (tertiary/aromatic N) is 2. The number of amides is 2. The number of alkyl halides is 1. The monoisotopic (exact) mass is 1040 g/mol. The molecule has 0 unspecified atom stereocenters. The average molecular weight is 1040 g/mol. The van der Waals surface area contributed by atoms with Crippen molar-refractivity contribution in [2.24, 2.45) is 17.8 Å². The fourth-order valence-corrected chi connectivity index (χ4v) is 11.0. The number of aliphatic hydroxyl groups excluding tert-OH is 3. The van der Waals surface area contributed by atoms with Crippen LogP contribution in [-0.2, 0) is 39.8 Å². The molecule has 0 spiro atoms. The van der Waals surface area contributed by atoms with Crippen LogP contribution < -0.4 is 10.6 Å². The number of cyclic esters (lactones) is 1. The summed E-state index contributed by atoms with van der Waals surface area (Å²) in [6.45, 7) is 17.5. The van der Waals surface area contributed by atoms with Crippen LogP contribution in [0.15, 0.2) is 30.3 Å². The van der Waals surface area contributed by atoms with Gasteiger partial charge in [0.1, 0.15) is 24.4 Å². The maximum absolute atomic E-state index is 14.5. The molecule has 0 aliphatic carbocycles. The number of rotatable bonds is 13. The highest BCUT2D eigenvalue weighted by molar-refractivity contribution is 14.1. The topological polar surface area (TPSA) is 221 Å². The van der Waals surface area contributed by atoms with Crippen LogP contribution in [0.25, 0.3) is 0 Å². The zero-order chi connectivity index (χ0) is 48.6. The molecule has 1 aromatic carbocycles. The van der Waals surface area contributed by atoms with Gasteiger partial charge in [-0.15, -0.1) is 0 Å². The second-order valence-electron chi connectivity index (χ2n) is 19.7. The molecule has 3 heterocycles. The summed E-state index contributed by atoms with van der Waals surface area (Å²) in [5, 5.41) is 65.5. The number of aliphatic hydroxyl groups is 5. The Hall–Kier alpha value is -1.79. The van der Waals surface area contributed by atoms with Crippen LogP contribution in [0.1, 0.15) is 100.0 Å². The Balaban J connectivity index is 1.72. The molecular weight excluding hydrogens is 955 g/mol. The third kappa shape index (κ3) is 14.4. The summed E-state index contributed by atoms with van der Waals surface area (Å²) in [5.74, 6) is -2.87. The molecule has 0 bridgehead atoms. The van der Waals surface area contributed by atoms with Crippen LogP contribution in [0.5, 0.6) is 0 Å². The molecule has 65 heavy (non-hydrogen) atoms. The molecule has 3 fully saturated rings. The summed E-state index contributed by atoms with van der Waals surface area (Å²) in [6, 6.07) is 8.28. The second kappa shape index (κ2) is 24.2. The third-order valence-electron chi connectivity index (χ3n) is 13.9. The lowest BCUT2D eigenvalue weighted by atomic mass is 9.77. The standard InChI is InChI=1S/C47H81IN4O13/c1-13-35-47(48,59)39(54)31(6)52(21-17-20-49-44(57)50-25-33-18-15-14-16-19-33)26-27(2)23-45(8,58)41(65-43-37(53)34(51(10)11)22-28(3)61-43)29(4)38(30(5)42(56)63-35)64-36-24-46(9,60-12)40(55)32(7)62-36/h14-16,18-19,27-32,34-41,43,53-55,58-59H,13,17,20-26H2,1-12H3,(H2,49,50,57)/t27-,28-,29+,30-,31-,32+,34+,35-,36+,37-,38+,39-,40+,41-,43+,45-,46-,47-/m1/s1. The van der Waals surface area contributed by atoms with E-state index in [0.29, 0.717) is 39.0 Å². The summed E-state index contributed by atoms with van der Waals surface area (Å²) in [6.07, 6.45) is -8.52. The number of halogens is 1. The summed E-state index contributed by atoms with van der Waals surface area (Å²) < 4.78 is 36.1. The molecule has 18 heteroatoms. The molecule has 0 radical (unpaired) electrons. The lowest BCUT2D eigenvalue weighted by Crippen LogP contribution is -2.60. The van der Waals surface area contributed by atoms with Crippen molar-refractivity contribution in [1.82, 2.24) is 20.4 Å². The minimum Gasteiger partial charge on any atom is -0.458 e. The van der Waals surface area contributed by atoms with Crippen LogP contribution in [-0.4, -0.2) is 176 Å². The van der Waals surface area contributed by atoms with Gasteiger partial charge in [0, 0.05) is 57.7 Å². The predicted octanol–water partition coefficient (Wildman–Crippen LogP) is 3.53.